The quantitative estimate of drug-likeness (QED) is 0.464. The second kappa shape index (κ2) is 9.07. The maximum atomic E-state index is 13.5. The van der Waals surface area contributed by atoms with E-state index < -0.39 is 35.4 Å². The van der Waals surface area contributed by atoms with Crippen molar-refractivity contribution < 1.29 is 35.9 Å². The van der Waals surface area contributed by atoms with Gasteiger partial charge in [0, 0.05) is 6.54 Å². The first-order valence-corrected chi connectivity index (χ1v) is 9.10. The molecule has 0 radical (unpaired) electrons. The fourth-order valence-corrected chi connectivity index (χ4v) is 3.09. The Labute approximate surface area is 170 Å². The van der Waals surface area contributed by atoms with E-state index in [1.807, 2.05) is 0 Å². The molecule has 1 atom stereocenters. The van der Waals surface area contributed by atoms with E-state index in [1.165, 1.54) is 6.92 Å². The lowest BCUT2D eigenvalue weighted by Crippen LogP contribution is -2.20. The molecule has 2 aromatic rings. The molecular formula is C21H21F6NO2. The van der Waals surface area contributed by atoms with E-state index in [0.29, 0.717) is 12.1 Å². The molecule has 30 heavy (non-hydrogen) atoms. The molecule has 2 rings (SSSR count). The zero-order chi connectivity index (χ0) is 22.7. The molecule has 0 aliphatic carbocycles. The molecule has 3 nitrogen and oxygen atoms in total. The summed E-state index contributed by atoms with van der Waals surface area (Å²) in [5.41, 5.74) is -1.13. The van der Waals surface area contributed by atoms with E-state index in [2.05, 4.69) is 10.1 Å². The maximum absolute atomic E-state index is 13.5. The fourth-order valence-electron chi connectivity index (χ4n) is 3.09. The highest BCUT2D eigenvalue weighted by Gasteiger charge is 2.34. The first-order valence-electron chi connectivity index (χ1n) is 9.10. The molecule has 1 N–H and O–H groups in total. The van der Waals surface area contributed by atoms with Crippen LogP contribution in [0.25, 0.3) is 11.1 Å². The summed E-state index contributed by atoms with van der Waals surface area (Å²) < 4.78 is 83.9. The molecule has 0 heterocycles. The number of methoxy groups -OCH3 is 1. The third kappa shape index (κ3) is 5.33. The first kappa shape index (κ1) is 23.7. The van der Waals surface area contributed by atoms with Crippen LogP contribution in [0, 0.1) is 0 Å². The van der Waals surface area contributed by atoms with Crippen LogP contribution in [-0.4, -0.2) is 19.6 Å². The predicted octanol–water partition coefficient (Wildman–Crippen LogP) is 5.78. The Kier molecular flexibility index (Phi) is 7.18. The zero-order valence-corrected chi connectivity index (χ0v) is 16.5. The van der Waals surface area contributed by atoms with Gasteiger partial charge in [0.2, 0.25) is 0 Å². The van der Waals surface area contributed by atoms with Gasteiger partial charge in [-0.05, 0) is 60.0 Å². The summed E-state index contributed by atoms with van der Waals surface area (Å²) in [6, 6.07) is 5.66. The Balaban J connectivity index is 2.76. The molecule has 0 unspecified atom stereocenters. The Morgan fingerprint density at radius 2 is 1.57 bits per heavy atom. The van der Waals surface area contributed by atoms with Gasteiger partial charge in [-0.1, -0.05) is 19.1 Å². The van der Waals surface area contributed by atoms with Gasteiger partial charge in [0.1, 0.15) is 0 Å². The largest absolute Gasteiger partial charge is 0.469 e. The van der Waals surface area contributed by atoms with Gasteiger partial charge in [0.25, 0.3) is 0 Å². The minimum Gasteiger partial charge on any atom is -0.469 e. The molecule has 0 saturated heterocycles. The second-order valence-electron chi connectivity index (χ2n) is 6.69. The van der Waals surface area contributed by atoms with Gasteiger partial charge >= 0.3 is 18.3 Å². The smallest absolute Gasteiger partial charge is 0.416 e. The highest BCUT2D eigenvalue weighted by Crippen LogP contribution is 2.39. The van der Waals surface area contributed by atoms with Crippen molar-refractivity contribution in [1.29, 1.82) is 0 Å². The lowest BCUT2D eigenvalue weighted by molar-refractivity contribution is -0.142. The van der Waals surface area contributed by atoms with Crippen molar-refractivity contribution in [3.05, 3.63) is 58.7 Å². The summed E-state index contributed by atoms with van der Waals surface area (Å²) in [5, 5.41) is 3.01. The molecule has 0 amide bonds. The third-order valence-electron chi connectivity index (χ3n) is 4.71. The van der Waals surface area contributed by atoms with Crippen LogP contribution in [0.3, 0.4) is 0 Å². The number of nitrogens with one attached hydrogen (secondary N) is 1. The lowest BCUT2D eigenvalue weighted by Gasteiger charge is -2.22. The molecule has 0 bridgehead atoms. The van der Waals surface area contributed by atoms with Crippen LogP contribution in [0.1, 0.15) is 42.0 Å². The summed E-state index contributed by atoms with van der Waals surface area (Å²) in [5.74, 6) is -1.72. The van der Waals surface area contributed by atoms with Crippen molar-refractivity contribution in [3.8, 4) is 11.1 Å². The Morgan fingerprint density at radius 3 is 2.03 bits per heavy atom. The predicted molar refractivity (Wildman–Crippen MR) is 99.7 cm³/mol. The number of carbonyl (C=O) groups is 1. The number of hydrogen-bond donors (Lipinski definition) is 1. The van der Waals surface area contributed by atoms with Crippen LogP contribution in [0.15, 0.2) is 36.4 Å². The normalized spacial score (nSPS) is 13.2. The van der Waals surface area contributed by atoms with E-state index in [0.717, 1.165) is 43.5 Å². The van der Waals surface area contributed by atoms with Crippen LogP contribution in [0.2, 0.25) is 0 Å². The van der Waals surface area contributed by atoms with Gasteiger partial charge in [-0.15, -0.1) is 0 Å². The zero-order valence-electron chi connectivity index (χ0n) is 16.5. The third-order valence-corrected chi connectivity index (χ3v) is 4.71. The van der Waals surface area contributed by atoms with Crippen LogP contribution in [0.4, 0.5) is 26.3 Å². The van der Waals surface area contributed by atoms with E-state index in [4.69, 9.17) is 0 Å². The van der Waals surface area contributed by atoms with E-state index in [1.54, 1.807) is 6.92 Å². The monoisotopic (exact) mass is 433 g/mol. The van der Waals surface area contributed by atoms with Gasteiger partial charge in [0.15, 0.2) is 0 Å². The van der Waals surface area contributed by atoms with E-state index in [9.17, 15) is 31.1 Å². The van der Waals surface area contributed by atoms with Crippen molar-refractivity contribution in [2.45, 2.75) is 38.7 Å². The van der Waals surface area contributed by atoms with Gasteiger partial charge in [-0.2, -0.15) is 26.3 Å². The van der Waals surface area contributed by atoms with Crippen molar-refractivity contribution in [1.82, 2.24) is 5.32 Å². The van der Waals surface area contributed by atoms with Crippen LogP contribution >= 0.6 is 0 Å². The number of hydrogen-bond acceptors (Lipinski definition) is 3. The average molecular weight is 433 g/mol. The van der Waals surface area contributed by atoms with Gasteiger partial charge in [-0.3, -0.25) is 4.79 Å². The van der Waals surface area contributed by atoms with Crippen molar-refractivity contribution in [2.24, 2.45) is 0 Å². The summed E-state index contributed by atoms with van der Waals surface area (Å²) in [6.07, 6.45) is -9.27. The molecule has 0 saturated carbocycles. The number of halogens is 6. The number of benzene rings is 2. The molecule has 0 aromatic heterocycles. The Hall–Kier alpha value is -2.55. The Bertz CT molecular complexity index is 888. The van der Waals surface area contributed by atoms with Crippen LogP contribution in [0.5, 0.6) is 0 Å². The average Bonchev–Trinajstić information content (AvgIpc) is 2.69. The maximum Gasteiger partial charge on any atom is 0.416 e. The second-order valence-corrected chi connectivity index (χ2v) is 6.69. The van der Waals surface area contributed by atoms with Gasteiger partial charge < -0.3 is 10.1 Å². The number of esters is 1. The topological polar surface area (TPSA) is 38.3 Å². The Morgan fingerprint density at radius 1 is 1.00 bits per heavy atom. The molecule has 0 fully saturated rings. The van der Waals surface area contributed by atoms with Crippen molar-refractivity contribution in [2.75, 3.05) is 13.7 Å². The van der Waals surface area contributed by atoms with Crippen LogP contribution < -0.4 is 5.32 Å². The standard InChI is InChI=1S/C21H21F6NO2/c1-4-28-11-18-16(12(2)19(29)30-3)9-15(21(25,26)27)10-17(18)13-5-7-14(8-6-13)20(22,23)24/h5-10,12,28H,4,11H2,1-3H3/t12-/m1/s1. The summed E-state index contributed by atoms with van der Waals surface area (Å²) in [4.78, 5) is 12.1. The van der Waals surface area contributed by atoms with Crippen LogP contribution in [-0.2, 0) is 28.4 Å². The first-order chi connectivity index (χ1) is 13.9. The number of rotatable bonds is 6. The fraction of sp³-hybridized carbons (Fsp3) is 0.381. The summed E-state index contributed by atoms with van der Waals surface area (Å²) >= 11 is 0. The summed E-state index contributed by atoms with van der Waals surface area (Å²) in [6.45, 7) is 3.85. The highest BCUT2D eigenvalue weighted by molar-refractivity contribution is 5.80. The molecular weight excluding hydrogens is 412 g/mol. The number of carbonyl (C=O) groups excluding carboxylic acids is 1. The molecule has 164 valence electrons. The molecule has 0 aliphatic rings. The minimum atomic E-state index is -4.71. The van der Waals surface area contributed by atoms with Crippen molar-refractivity contribution in [3.63, 3.8) is 0 Å². The SMILES string of the molecule is CCNCc1c(-c2ccc(C(F)(F)F)cc2)cc(C(F)(F)F)cc1[C@@H](C)C(=O)OC. The van der Waals surface area contributed by atoms with Crippen molar-refractivity contribution >= 4 is 5.97 Å². The lowest BCUT2D eigenvalue weighted by atomic mass is 9.87. The number of alkyl halides is 6. The van der Waals surface area contributed by atoms with Gasteiger partial charge in [-0.25, -0.2) is 0 Å². The summed E-state index contributed by atoms with van der Waals surface area (Å²) in [7, 11) is 1.13. The van der Waals surface area contributed by atoms with E-state index >= 15 is 0 Å². The number of ether oxygens (including phenoxy) is 1. The molecule has 2 aromatic carbocycles. The minimum absolute atomic E-state index is 0.102. The van der Waals surface area contributed by atoms with Gasteiger partial charge in [0.05, 0.1) is 24.2 Å². The molecule has 0 aliphatic heterocycles. The molecule has 9 heteroatoms. The molecule has 0 spiro atoms. The highest BCUT2D eigenvalue weighted by atomic mass is 19.4. The van der Waals surface area contributed by atoms with E-state index in [-0.39, 0.29) is 23.2 Å².